The van der Waals surface area contributed by atoms with Gasteiger partial charge in [0.2, 0.25) is 5.95 Å². The van der Waals surface area contributed by atoms with Gasteiger partial charge in [0.1, 0.15) is 5.56 Å². The minimum atomic E-state index is -1.03. The molecule has 0 saturated carbocycles. The van der Waals surface area contributed by atoms with Crippen LogP contribution in [0.15, 0.2) is 84.2 Å². The van der Waals surface area contributed by atoms with E-state index in [1.54, 1.807) is 54.5 Å². The molecule has 2 aromatic heterocycles. The number of fused-ring (bicyclic) bond motifs is 1. The lowest BCUT2D eigenvalue weighted by Crippen LogP contribution is -2.33. The first-order chi connectivity index (χ1) is 22.1. The smallest absolute Gasteiger partial charge is 0.266 e. The molecule has 236 valence electrons. The first kappa shape index (κ1) is 31.9. The van der Waals surface area contributed by atoms with E-state index >= 15 is 0 Å². The molecule has 0 unspecified atom stereocenters. The van der Waals surface area contributed by atoms with Crippen LogP contribution in [0.2, 0.25) is 0 Å². The highest BCUT2D eigenvalue weighted by molar-refractivity contribution is 5.94. The molecule has 0 radical (unpaired) electrons. The molecule has 46 heavy (non-hydrogen) atoms. The van der Waals surface area contributed by atoms with Crippen molar-refractivity contribution in [1.82, 2.24) is 34.6 Å². The Labute approximate surface area is 263 Å². The number of hydrogen-bond donors (Lipinski definition) is 2. The number of carbonyl (C=O) groups is 2. The molecule has 3 aromatic carbocycles. The number of nitrogens with zero attached hydrogens (tertiary/aromatic N) is 6. The molecule has 0 atom stereocenters. The van der Waals surface area contributed by atoms with Gasteiger partial charge in [-0.2, -0.15) is 0 Å². The minimum absolute atomic E-state index is 0.0560. The number of carbonyl (C=O) groups excluding carboxylic acids is 2. The van der Waals surface area contributed by atoms with E-state index in [0.717, 1.165) is 39.9 Å². The maximum atomic E-state index is 13.6. The van der Waals surface area contributed by atoms with Crippen molar-refractivity contribution in [2.45, 2.75) is 13.1 Å². The fourth-order valence-corrected chi connectivity index (χ4v) is 4.58. The number of aromatic nitrogens is 4. The maximum absolute atomic E-state index is 13.6. The van der Waals surface area contributed by atoms with Crippen LogP contribution in [0.3, 0.4) is 0 Å². The summed E-state index contributed by atoms with van der Waals surface area (Å²) in [6.45, 7) is 1.45. The lowest BCUT2D eigenvalue weighted by Gasteiger charge is -2.19. The van der Waals surface area contributed by atoms with E-state index in [-0.39, 0.29) is 24.6 Å². The van der Waals surface area contributed by atoms with Crippen LogP contribution in [0, 0.1) is 11.6 Å². The van der Waals surface area contributed by atoms with E-state index in [4.69, 9.17) is 0 Å². The van der Waals surface area contributed by atoms with Crippen molar-refractivity contribution in [3.05, 3.63) is 124 Å². The van der Waals surface area contributed by atoms with Gasteiger partial charge in [0.25, 0.3) is 17.4 Å². The molecule has 0 aliphatic carbocycles. The third kappa shape index (κ3) is 7.74. The Morgan fingerprint density at radius 2 is 1.65 bits per heavy atom. The van der Waals surface area contributed by atoms with Crippen LogP contribution in [0.5, 0.6) is 0 Å². The van der Waals surface area contributed by atoms with Crippen LogP contribution < -0.4 is 16.2 Å². The van der Waals surface area contributed by atoms with Gasteiger partial charge in [-0.15, -0.1) is 0 Å². The normalized spacial score (nSPS) is 11.1. The second-order valence-corrected chi connectivity index (χ2v) is 11.0. The molecular weight excluding hydrogens is 594 g/mol. The highest BCUT2D eigenvalue weighted by Gasteiger charge is 2.15. The number of nitrogens with one attached hydrogen (secondary N) is 2. The third-order valence-corrected chi connectivity index (χ3v) is 7.20. The monoisotopic (exact) mass is 626 g/mol. The van der Waals surface area contributed by atoms with Crippen LogP contribution in [0.1, 0.15) is 31.8 Å². The number of halogens is 2. The summed E-state index contributed by atoms with van der Waals surface area (Å²) < 4.78 is 28.0. The van der Waals surface area contributed by atoms with Gasteiger partial charge in [-0.3, -0.25) is 19.0 Å². The number of benzene rings is 3. The summed E-state index contributed by atoms with van der Waals surface area (Å²) in [5, 5.41) is 6.62. The SMILES string of the molecule is CN(C)CCN(C)C(=O)c1ccc(Nc2ncc3cc(CNC(=O)c4cncn(Cc5ccc(F)c(F)c5)c4=O)ccc3n2)cc1. The largest absolute Gasteiger partial charge is 0.348 e. The highest BCUT2D eigenvalue weighted by atomic mass is 19.2. The highest BCUT2D eigenvalue weighted by Crippen LogP contribution is 2.19. The van der Waals surface area contributed by atoms with E-state index in [9.17, 15) is 23.2 Å². The first-order valence-electron chi connectivity index (χ1n) is 14.4. The number of anilines is 2. The van der Waals surface area contributed by atoms with E-state index < -0.39 is 23.1 Å². The Morgan fingerprint density at radius 3 is 2.39 bits per heavy atom. The topological polar surface area (TPSA) is 125 Å². The van der Waals surface area contributed by atoms with Gasteiger partial charge in [-0.05, 0) is 73.8 Å². The van der Waals surface area contributed by atoms with E-state index in [2.05, 4.69) is 25.6 Å². The fourth-order valence-electron chi connectivity index (χ4n) is 4.58. The number of likely N-dealkylation sites (N-methyl/N-ethyl adjacent to an activating group) is 2. The molecule has 5 rings (SSSR count). The van der Waals surface area contributed by atoms with Gasteiger partial charge >= 0.3 is 0 Å². The molecule has 2 amide bonds. The number of hydrogen-bond acceptors (Lipinski definition) is 8. The molecule has 2 heterocycles. The Balaban J connectivity index is 1.19. The lowest BCUT2D eigenvalue weighted by molar-refractivity contribution is 0.0786. The van der Waals surface area contributed by atoms with Crippen molar-refractivity contribution < 1.29 is 18.4 Å². The molecule has 0 aliphatic heterocycles. The summed E-state index contributed by atoms with van der Waals surface area (Å²) in [4.78, 5) is 55.0. The number of rotatable bonds is 11. The third-order valence-electron chi connectivity index (χ3n) is 7.20. The van der Waals surface area contributed by atoms with Gasteiger partial charge in [0.05, 0.1) is 18.4 Å². The Hall–Kier alpha value is -5.56. The summed E-state index contributed by atoms with van der Waals surface area (Å²) in [5.41, 5.74) is 2.30. The average molecular weight is 627 g/mol. The van der Waals surface area contributed by atoms with Crippen molar-refractivity contribution in [2.75, 3.05) is 39.5 Å². The number of amides is 2. The zero-order valence-corrected chi connectivity index (χ0v) is 25.5. The average Bonchev–Trinajstić information content (AvgIpc) is 3.05. The molecule has 0 fully saturated rings. The van der Waals surface area contributed by atoms with Crippen molar-refractivity contribution in [1.29, 1.82) is 0 Å². The van der Waals surface area contributed by atoms with Crippen molar-refractivity contribution in [3.63, 3.8) is 0 Å². The molecule has 0 saturated heterocycles. The molecule has 0 spiro atoms. The predicted molar refractivity (Wildman–Crippen MR) is 170 cm³/mol. The van der Waals surface area contributed by atoms with Crippen LogP contribution in [-0.4, -0.2) is 75.4 Å². The van der Waals surface area contributed by atoms with Crippen LogP contribution in [-0.2, 0) is 13.1 Å². The van der Waals surface area contributed by atoms with Crippen molar-refractivity contribution in [2.24, 2.45) is 0 Å². The molecular formula is C33H32F2N8O3. The second-order valence-electron chi connectivity index (χ2n) is 11.0. The first-order valence-corrected chi connectivity index (χ1v) is 14.4. The minimum Gasteiger partial charge on any atom is -0.348 e. The Bertz CT molecular complexity index is 1950. The maximum Gasteiger partial charge on any atom is 0.266 e. The van der Waals surface area contributed by atoms with Crippen LogP contribution in [0.25, 0.3) is 10.9 Å². The van der Waals surface area contributed by atoms with Gasteiger partial charge in [0.15, 0.2) is 11.6 Å². The van der Waals surface area contributed by atoms with Gasteiger partial charge < -0.3 is 20.4 Å². The standard InChI is InChI=1S/C33H32F2N8O3/c1-41(2)12-13-42(3)31(45)23-6-8-25(9-7-23)39-33-38-17-24-14-21(5-11-29(24)40-33)16-37-30(44)26-18-36-20-43(32(26)46)19-22-4-10-27(34)28(35)15-22/h4-11,14-15,17-18,20H,12-13,16,19H2,1-3H3,(H,37,44)(H,38,39,40). The Kier molecular flexibility index (Phi) is 9.72. The van der Waals surface area contributed by atoms with Gasteiger partial charge in [0, 0.05) is 55.7 Å². The van der Waals surface area contributed by atoms with Gasteiger partial charge in [-0.1, -0.05) is 12.1 Å². The van der Waals surface area contributed by atoms with Crippen LogP contribution in [0.4, 0.5) is 20.4 Å². The van der Waals surface area contributed by atoms with Crippen molar-refractivity contribution in [3.8, 4) is 0 Å². The summed E-state index contributed by atoms with van der Waals surface area (Å²) in [6.07, 6.45) is 4.06. The quantitative estimate of drug-likeness (QED) is 0.227. The van der Waals surface area contributed by atoms with E-state index in [1.165, 1.54) is 18.6 Å². The fraction of sp³-hybridized carbons (Fsp3) is 0.212. The van der Waals surface area contributed by atoms with Crippen molar-refractivity contribution >= 4 is 34.4 Å². The predicted octanol–water partition coefficient (Wildman–Crippen LogP) is 3.82. The summed E-state index contributed by atoms with van der Waals surface area (Å²) in [6, 6.07) is 15.9. The molecule has 0 aliphatic rings. The van der Waals surface area contributed by atoms with Crippen LogP contribution >= 0.6 is 0 Å². The molecule has 13 heteroatoms. The zero-order valence-electron chi connectivity index (χ0n) is 25.5. The summed E-state index contributed by atoms with van der Waals surface area (Å²) in [5.74, 6) is -2.32. The lowest BCUT2D eigenvalue weighted by atomic mass is 10.1. The zero-order chi connectivity index (χ0) is 32.8. The molecule has 0 bridgehead atoms. The molecule has 5 aromatic rings. The Morgan fingerprint density at radius 1 is 0.891 bits per heavy atom. The summed E-state index contributed by atoms with van der Waals surface area (Å²) >= 11 is 0. The second kappa shape index (κ2) is 14.0. The summed E-state index contributed by atoms with van der Waals surface area (Å²) in [7, 11) is 5.70. The van der Waals surface area contributed by atoms with E-state index in [1.807, 2.05) is 25.1 Å². The van der Waals surface area contributed by atoms with E-state index in [0.29, 0.717) is 29.1 Å². The molecule has 11 nitrogen and oxygen atoms in total. The molecule has 2 N–H and O–H groups in total. The van der Waals surface area contributed by atoms with Gasteiger partial charge in [-0.25, -0.2) is 23.7 Å².